The number of aromatic nitrogens is 2. The maximum absolute atomic E-state index is 14.1. The van der Waals surface area contributed by atoms with Crippen LogP contribution >= 0.6 is 0 Å². The summed E-state index contributed by atoms with van der Waals surface area (Å²) < 4.78 is 26.6. The minimum Gasteiger partial charge on any atom is -0.457 e. The van der Waals surface area contributed by atoms with Crippen molar-refractivity contribution in [2.45, 2.75) is 58.0 Å². The summed E-state index contributed by atoms with van der Waals surface area (Å²) in [5, 5.41) is 4.03. The fourth-order valence-corrected chi connectivity index (χ4v) is 3.02. The maximum Gasteiger partial charge on any atom is 0.359 e. The van der Waals surface area contributed by atoms with Gasteiger partial charge in [-0.25, -0.2) is 13.9 Å². The van der Waals surface area contributed by atoms with Crippen molar-refractivity contribution >= 4 is 5.97 Å². The highest BCUT2D eigenvalue weighted by molar-refractivity contribution is 5.88. The van der Waals surface area contributed by atoms with E-state index in [-0.39, 0.29) is 30.0 Å². The first-order valence-corrected chi connectivity index (χ1v) is 8.60. The Labute approximate surface area is 146 Å². The Balaban J connectivity index is 1.69. The molecular weight excluding hydrogens is 323 g/mol. The lowest BCUT2D eigenvalue weighted by Crippen LogP contribution is -2.40. The van der Waals surface area contributed by atoms with E-state index >= 15 is 0 Å². The molecule has 0 saturated heterocycles. The van der Waals surface area contributed by atoms with Crippen molar-refractivity contribution in [1.82, 2.24) is 9.78 Å². The van der Waals surface area contributed by atoms with E-state index in [0.717, 1.165) is 11.8 Å². The number of hydrogen-bond donors (Lipinski definition) is 0. The molecule has 1 saturated carbocycles. The summed E-state index contributed by atoms with van der Waals surface area (Å²) in [6, 6.07) is 9.26. The third-order valence-corrected chi connectivity index (χ3v) is 4.38. The molecule has 0 radical (unpaired) electrons. The smallest absolute Gasteiger partial charge is 0.359 e. The van der Waals surface area contributed by atoms with Crippen LogP contribution in [-0.2, 0) is 9.47 Å². The zero-order chi connectivity index (χ0) is 18.0. The Kier molecular flexibility index (Phi) is 5.18. The Bertz CT molecular complexity index is 724. The summed E-state index contributed by atoms with van der Waals surface area (Å²) in [6.45, 7) is 5.81. The fourth-order valence-electron chi connectivity index (χ4n) is 3.02. The van der Waals surface area contributed by atoms with Crippen molar-refractivity contribution in [3.63, 3.8) is 0 Å². The average Bonchev–Trinajstić information content (AvgIpc) is 2.94. The van der Waals surface area contributed by atoms with Gasteiger partial charge in [0.25, 0.3) is 0 Å². The number of ether oxygens (including phenoxy) is 2. The molecule has 6 heteroatoms. The summed E-state index contributed by atoms with van der Waals surface area (Å²) in [7, 11) is 0. The van der Waals surface area contributed by atoms with Crippen LogP contribution in [-0.4, -0.2) is 34.1 Å². The van der Waals surface area contributed by atoms with E-state index in [1.807, 2.05) is 51.1 Å². The first-order chi connectivity index (χ1) is 12.0. The van der Waals surface area contributed by atoms with Crippen LogP contribution in [0.2, 0.25) is 0 Å². The van der Waals surface area contributed by atoms with Crippen LogP contribution in [0.15, 0.2) is 36.5 Å². The molecule has 1 aliphatic carbocycles. The Morgan fingerprint density at radius 2 is 1.88 bits per heavy atom. The monoisotopic (exact) mass is 346 g/mol. The molecule has 5 nitrogen and oxygen atoms in total. The second-order valence-corrected chi connectivity index (χ2v) is 6.68. The van der Waals surface area contributed by atoms with Crippen LogP contribution in [0.1, 0.15) is 55.7 Å². The van der Waals surface area contributed by atoms with Crippen LogP contribution in [0.25, 0.3) is 0 Å². The Hall–Kier alpha value is -2.21. The van der Waals surface area contributed by atoms with E-state index in [2.05, 4.69) is 5.10 Å². The zero-order valence-corrected chi connectivity index (χ0v) is 14.7. The van der Waals surface area contributed by atoms with Gasteiger partial charge in [-0.15, -0.1) is 0 Å². The molecule has 0 spiro atoms. The van der Waals surface area contributed by atoms with Gasteiger partial charge in [0.1, 0.15) is 6.10 Å². The van der Waals surface area contributed by atoms with Crippen LogP contribution < -0.4 is 0 Å². The average molecular weight is 346 g/mol. The highest BCUT2D eigenvalue weighted by Gasteiger charge is 2.35. The molecule has 0 bridgehead atoms. The molecule has 1 aromatic heterocycles. The zero-order valence-electron chi connectivity index (χ0n) is 14.7. The van der Waals surface area contributed by atoms with Gasteiger partial charge in [0.2, 0.25) is 0 Å². The first-order valence-electron chi connectivity index (χ1n) is 8.60. The van der Waals surface area contributed by atoms with Crippen LogP contribution in [0.5, 0.6) is 0 Å². The molecule has 0 amide bonds. The molecule has 0 N–H and O–H groups in total. The van der Waals surface area contributed by atoms with E-state index < -0.39 is 11.8 Å². The van der Waals surface area contributed by atoms with Gasteiger partial charge in [0.05, 0.1) is 24.4 Å². The molecule has 0 aliphatic heterocycles. The Morgan fingerprint density at radius 1 is 1.20 bits per heavy atom. The van der Waals surface area contributed by atoms with Crippen molar-refractivity contribution < 1.29 is 18.7 Å². The summed E-state index contributed by atoms with van der Waals surface area (Å²) >= 11 is 0. The number of benzene rings is 1. The van der Waals surface area contributed by atoms with Crippen LogP contribution in [0.3, 0.4) is 0 Å². The normalized spacial score (nSPS) is 21.0. The number of carbonyl (C=O) groups is 1. The second-order valence-electron chi connectivity index (χ2n) is 6.68. The van der Waals surface area contributed by atoms with Gasteiger partial charge in [0, 0.05) is 12.8 Å². The van der Waals surface area contributed by atoms with Gasteiger partial charge in [-0.2, -0.15) is 5.10 Å². The molecule has 1 heterocycles. The molecule has 1 atom stereocenters. The largest absolute Gasteiger partial charge is 0.457 e. The third kappa shape index (κ3) is 3.90. The lowest BCUT2D eigenvalue weighted by atomic mass is 9.92. The molecule has 1 aliphatic rings. The highest BCUT2D eigenvalue weighted by Crippen LogP contribution is 2.29. The molecule has 2 aromatic rings. The topological polar surface area (TPSA) is 53.4 Å². The molecule has 134 valence electrons. The number of hydrogen-bond acceptors (Lipinski definition) is 4. The lowest BCUT2D eigenvalue weighted by Gasteiger charge is -2.35. The number of esters is 1. The summed E-state index contributed by atoms with van der Waals surface area (Å²) in [5.41, 5.74) is 0.804. The van der Waals surface area contributed by atoms with Crippen LogP contribution in [0, 0.1) is 5.82 Å². The number of halogens is 1. The minimum absolute atomic E-state index is 0.107. The molecule has 0 unspecified atom stereocenters. The van der Waals surface area contributed by atoms with Crippen LogP contribution in [0.4, 0.5) is 4.39 Å². The summed E-state index contributed by atoms with van der Waals surface area (Å²) in [5.74, 6) is -1.34. The predicted molar refractivity (Wildman–Crippen MR) is 90.9 cm³/mol. The second kappa shape index (κ2) is 7.35. The van der Waals surface area contributed by atoms with E-state index in [4.69, 9.17) is 9.47 Å². The highest BCUT2D eigenvalue weighted by atomic mass is 19.1. The number of nitrogens with zero attached hydrogens (tertiary/aromatic N) is 2. The quantitative estimate of drug-likeness (QED) is 0.748. The van der Waals surface area contributed by atoms with E-state index in [1.54, 1.807) is 0 Å². The summed E-state index contributed by atoms with van der Waals surface area (Å²) in [4.78, 5) is 12.5. The predicted octanol–water partition coefficient (Wildman–Crippen LogP) is 3.74. The molecule has 1 fully saturated rings. The number of carbonyl (C=O) groups excluding carboxylic acids is 1. The third-order valence-electron chi connectivity index (χ3n) is 4.38. The Morgan fingerprint density at radius 3 is 2.52 bits per heavy atom. The van der Waals surface area contributed by atoms with Crippen molar-refractivity contribution in [1.29, 1.82) is 0 Å². The lowest BCUT2D eigenvalue weighted by molar-refractivity contribution is -0.0996. The van der Waals surface area contributed by atoms with E-state index in [9.17, 15) is 9.18 Å². The van der Waals surface area contributed by atoms with Gasteiger partial charge >= 0.3 is 5.97 Å². The van der Waals surface area contributed by atoms with Crippen molar-refractivity contribution in [3.8, 4) is 0 Å². The standard InChI is InChI=1S/C19H23FN2O3/c1-12(2)24-15-9-16(10-15)25-19(23)18-17(20)11-21-22(18)13(3)14-7-5-4-6-8-14/h4-8,11-13,15-16H,9-10H2,1-3H3/t13-,15?,16?/m1/s1. The van der Waals surface area contributed by atoms with Gasteiger partial charge in [-0.1, -0.05) is 30.3 Å². The maximum atomic E-state index is 14.1. The fraction of sp³-hybridized carbons (Fsp3) is 0.474. The first kappa shape index (κ1) is 17.6. The SMILES string of the molecule is CC(C)OC1CC(OC(=O)c2c(F)cnn2[C@H](C)c2ccccc2)C1. The van der Waals surface area contributed by atoms with Crippen molar-refractivity contribution in [3.05, 3.63) is 53.6 Å². The van der Waals surface area contributed by atoms with Gasteiger partial charge < -0.3 is 9.47 Å². The molecular formula is C19H23FN2O3. The van der Waals surface area contributed by atoms with Crippen molar-refractivity contribution in [2.24, 2.45) is 0 Å². The van der Waals surface area contributed by atoms with Gasteiger partial charge in [-0.05, 0) is 26.3 Å². The van der Waals surface area contributed by atoms with E-state index in [1.165, 1.54) is 4.68 Å². The summed E-state index contributed by atoms with van der Waals surface area (Å²) in [6.07, 6.45) is 2.37. The van der Waals surface area contributed by atoms with Crippen molar-refractivity contribution in [2.75, 3.05) is 0 Å². The van der Waals surface area contributed by atoms with Gasteiger partial charge in [0.15, 0.2) is 11.5 Å². The molecule has 25 heavy (non-hydrogen) atoms. The van der Waals surface area contributed by atoms with E-state index in [0.29, 0.717) is 12.8 Å². The number of rotatable bonds is 6. The minimum atomic E-state index is -0.675. The molecule has 3 rings (SSSR count). The molecule has 1 aromatic carbocycles. The van der Waals surface area contributed by atoms with Gasteiger partial charge in [-0.3, -0.25) is 0 Å².